The molecule has 17 heavy (non-hydrogen) atoms. The number of rotatable bonds is 2. The first kappa shape index (κ1) is 12.9. The molecule has 0 unspecified atom stereocenters. The molecule has 0 bridgehead atoms. The number of hydrogen-bond donors (Lipinski definition) is 3. The van der Waals surface area contributed by atoms with Gasteiger partial charge < -0.3 is 5.32 Å². The van der Waals surface area contributed by atoms with Gasteiger partial charge >= 0.3 is 0 Å². The molecule has 0 fully saturated rings. The van der Waals surface area contributed by atoms with Crippen molar-refractivity contribution in [3.8, 4) is 6.07 Å². The van der Waals surface area contributed by atoms with Gasteiger partial charge in [-0.3, -0.25) is 15.6 Å². The Morgan fingerprint density at radius 2 is 2.12 bits per heavy atom. The molecule has 0 aliphatic heterocycles. The summed E-state index contributed by atoms with van der Waals surface area (Å²) in [6.07, 6.45) is -0.208. The molecular weight excluding hydrogens is 236 g/mol. The Morgan fingerprint density at radius 3 is 2.76 bits per heavy atom. The molecule has 0 spiro atoms. The first-order valence-electron chi connectivity index (χ1n) is 4.92. The Bertz CT molecular complexity index is 467. The van der Waals surface area contributed by atoms with Crippen LogP contribution in [0.2, 0.25) is 0 Å². The number of nitrogens with zero attached hydrogens (tertiary/aromatic N) is 1. The third-order valence-electron chi connectivity index (χ3n) is 1.95. The van der Waals surface area contributed by atoms with E-state index in [0.29, 0.717) is 0 Å². The number of thiocarbonyl (C=S) groups is 1. The molecule has 6 heteroatoms. The number of nitrogens with one attached hydrogen (secondary N) is 3. The van der Waals surface area contributed by atoms with Crippen molar-refractivity contribution in [1.82, 2.24) is 10.9 Å². The van der Waals surface area contributed by atoms with E-state index in [-0.39, 0.29) is 11.5 Å². The van der Waals surface area contributed by atoms with Gasteiger partial charge in [0.25, 0.3) is 5.91 Å². The van der Waals surface area contributed by atoms with E-state index < -0.39 is 5.91 Å². The maximum Gasteiger partial charge on any atom is 0.252 e. The highest BCUT2D eigenvalue weighted by Crippen LogP contribution is 2.12. The lowest BCUT2D eigenvalue weighted by atomic mass is 10.2. The lowest BCUT2D eigenvalue weighted by molar-refractivity contribution is -0.120. The van der Waals surface area contributed by atoms with Crippen molar-refractivity contribution in [3.05, 3.63) is 29.8 Å². The van der Waals surface area contributed by atoms with Crippen molar-refractivity contribution < 1.29 is 4.79 Å². The van der Waals surface area contributed by atoms with E-state index in [1.54, 1.807) is 6.07 Å². The van der Waals surface area contributed by atoms with Gasteiger partial charge in [0.2, 0.25) is 0 Å². The summed E-state index contributed by atoms with van der Waals surface area (Å²) >= 11 is 4.98. The average molecular weight is 248 g/mol. The Morgan fingerprint density at radius 1 is 1.41 bits per heavy atom. The van der Waals surface area contributed by atoms with Crippen LogP contribution in [-0.4, -0.2) is 11.0 Å². The smallest absolute Gasteiger partial charge is 0.252 e. The zero-order valence-electron chi connectivity index (χ0n) is 9.28. The van der Waals surface area contributed by atoms with Crippen LogP contribution in [0.15, 0.2) is 24.3 Å². The van der Waals surface area contributed by atoms with E-state index >= 15 is 0 Å². The lowest BCUT2D eigenvalue weighted by Crippen LogP contribution is -2.43. The quantitative estimate of drug-likeness (QED) is 0.542. The number of benzene rings is 1. The summed E-state index contributed by atoms with van der Waals surface area (Å²) in [5, 5.41) is 11.5. The van der Waals surface area contributed by atoms with Crippen LogP contribution < -0.4 is 16.2 Å². The summed E-state index contributed by atoms with van der Waals surface area (Å²) in [4.78, 5) is 11.0. The second kappa shape index (κ2) is 6.45. The summed E-state index contributed by atoms with van der Waals surface area (Å²) in [7, 11) is 0. The van der Waals surface area contributed by atoms with Gasteiger partial charge in [-0.15, -0.1) is 0 Å². The number of nitriles is 1. The zero-order valence-corrected chi connectivity index (χ0v) is 10.1. The maximum atomic E-state index is 11.0. The number of aryl methyl sites for hydroxylation is 1. The minimum absolute atomic E-state index is 0.208. The second-order valence-electron chi connectivity index (χ2n) is 3.28. The number of carbonyl (C=O) groups excluding carboxylic acids is 1. The standard InChI is InChI=1S/C11H12N4OS/c1-8-4-2-3-5-9(8)13-11(17)15-14-10(16)6-7-12/h2-5H,6H2,1H3,(H,14,16)(H2,13,15,17). The van der Waals surface area contributed by atoms with Crippen LogP contribution in [0.4, 0.5) is 5.69 Å². The van der Waals surface area contributed by atoms with Gasteiger partial charge in [0.1, 0.15) is 6.42 Å². The van der Waals surface area contributed by atoms with E-state index in [0.717, 1.165) is 11.3 Å². The Labute approximate surface area is 105 Å². The summed E-state index contributed by atoms with van der Waals surface area (Å²) < 4.78 is 0. The number of hydrogen-bond acceptors (Lipinski definition) is 3. The van der Waals surface area contributed by atoms with Crippen LogP contribution >= 0.6 is 12.2 Å². The molecule has 0 saturated carbocycles. The van der Waals surface area contributed by atoms with Crippen molar-refractivity contribution in [3.63, 3.8) is 0 Å². The van der Waals surface area contributed by atoms with Crippen molar-refractivity contribution in [1.29, 1.82) is 5.26 Å². The second-order valence-corrected chi connectivity index (χ2v) is 3.69. The predicted octanol–water partition coefficient (Wildman–Crippen LogP) is 1.23. The number of para-hydroxylation sites is 1. The van der Waals surface area contributed by atoms with Gasteiger partial charge in [0.15, 0.2) is 5.11 Å². The molecule has 1 aromatic rings. The average Bonchev–Trinajstić information content (AvgIpc) is 2.30. The SMILES string of the molecule is Cc1ccccc1NC(=S)NNC(=O)CC#N. The third-order valence-corrected chi connectivity index (χ3v) is 2.15. The van der Waals surface area contributed by atoms with Crippen LogP contribution in [0.1, 0.15) is 12.0 Å². The lowest BCUT2D eigenvalue weighted by Gasteiger charge is -2.12. The number of hydrazine groups is 1. The molecule has 0 radical (unpaired) electrons. The first-order valence-corrected chi connectivity index (χ1v) is 5.32. The number of carbonyl (C=O) groups is 1. The van der Waals surface area contributed by atoms with Gasteiger partial charge in [-0.2, -0.15) is 5.26 Å². The number of anilines is 1. The van der Waals surface area contributed by atoms with Crippen molar-refractivity contribution >= 4 is 28.9 Å². The Hall–Kier alpha value is -2.13. The van der Waals surface area contributed by atoms with E-state index in [4.69, 9.17) is 17.5 Å². The number of amides is 1. The Balaban J connectivity index is 2.43. The van der Waals surface area contributed by atoms with Crippen LogP contribution in [0.5, 0.6) is 0 Å². The van der Waals surface area contributed by atoms with Crippen molar-refractivity contribution in [2.45, 2.75) is 13.3 Å². The largest absolute Gasteiger partial charge is 0.331 e. The molecule has 0 aliphatic carbocycles. The topological polar surface area (TPSA) is 76.9 Å². The molecule has 88 valence electrons. The fraction of sp³-hybridized carbons (Fsp3) is 0.182. The summed E-state index contributed by atoms with van der Waals surface area (Å²) in [6.45, 7) is 1.94. The van der Waals surface area contributed by atoms with E-state index in [9.17, 15) is 4.79 Å². The highest BCUT2D eigenvalue weighted by atomic mass is 32.1. The summed E-state index contributed by atoms with van der Waals surface area (Å²) in [5.74, 6) is -0.429. The maximum absolute atomic E-state index is 11.0. The Kier molecular flexibility index (Phi) is 4.91. The van der Waals surface area contributed by atoms with Crippen LogP contribution in [-0.2, 0) is 4.79 Å². The zero-order chi connectivity index (χ0) is 12.7. The third kappa shape index (κ3) is 4.49. The van der Waals surface area contributed by atoms with Crippen LogP contribution in [0, 0.1) is 18.3 Å². The molecule has 5 nitrogen and oxygen atoms in total. The highest BCUT2D eigenvalue weighted by molar-refractivity contribution is 7.80. The fourth-order valence-corrected chi connectivity index (χ4v) is 1.27. The molecule has 0 aliphatic rings. The minimum atomic E-state index is -0.429. The van der Waals surface area contributed by atoms with Gasteiger partial charge in [-0.25, -0.2) is 0 Å². The van der Waals surface area contributed by atoms with E-state index in [2.05, 4.69) is 16.2 Å². The highest BCUT2D eigenvalue weighted by Gasteiger charge is 2.02. The molecule has 1 rings (SSSR count). The minimum Gasteiger partial charge on any atom is -0.331 e. The molecule has 3 N–H and O–H groups in total. The molecule has 0 atom stereocenters. The van der Waals surface area contributed by atoms with E-state index in [1.165, 1.54) is 0 Å². The van der Waals surface area contributed by atoms with Gasteiger partial charge in [0, 0.05) is 5.69 Å². The molecule has 0 saturated heterocycles. The molecular formula is C11H12N4OS. The molecule has 1 amide bonds. The van der Waals surface area contributed by atoms with Crippen molar-refractivity contribution in [2.75, 3.05) is 5.32 Å². The first-order chi connectivity index (χ1) is 8.13. The van der Waals surface area contributed by atoms with E-state index in [1.807, 2.05) is 31.2 Å². The van der Waals surface area contributed by atoms with Gasteiger partial charge in [-0.05, 0) is 30.8 Å². The molecule has 0 aromatic heterocycles. The predicted molar refractivity (Wildman–Crippen MR) is 68.9 cm³/mol. The van der Waals surface area contributed by atoms with Crippen LogP contribution in [0.25, 0.3) is 0 Å². The summed E-state index contributed by atoms with van der Waals surface area (Å²) in [6, 6.07) is 9.36. The summed E-state index contributed by atoms with van der Waals surface area (Å²) in [5.41, 5.74) is 6.72. The molecule has 1 aromatic carbocycles. The fourth-order valence-electron chi connectivity index (χ4n) is 1.11. The van der Waals surface area contributed by atoms with Crippen molar-refractivity contribution in [2.24, 2.45) is 0 Å². The van der Waals surface area contributed by atoms with Gasteiger partial charge in [-0.1, -0.05) is 18.2 Å². The molecule has 0 heterocycles. The normalized spacial score (nSPS) is 8.94. The monoisotopic (exact) mass is 248 g/mol. The van der Waals surface area contributed by atoms with Crippen LogP contribution in [0.3, 0.4) is 0 Å². The van der Waals surface area contributed by atoms with Gasteiger partial charge in [0.05, 0.1) is 6.07 Å².